The highest BCUT2D eigenvalue weighted by atomic mass is 16.3. The van der Waals surface area contributed by atoms with E-state index in [1.807, 2.05) is 48.5 Å². The maximum Gasteiger partial charge on any atom is 0.135 e. The van der Waals surface area contributed by atoms with Gasteiger partial charge < -0.3 is 19.9 Å². The van der Waals surface area contributed by atoms with Gasteiger partial charge in [-0.1, -0.05) is 72.8 Å². The van der Waals surface area contributed by atoms with Gasteiger partial charge in [-0.05, 0) is 77.7 Å². The summed E-state index contributed by atoms with van der Waals surface area (Å²) in [7, 11) is 0. The summed E-state index contributed by atoms with van der Waals surface area (Å²) in [5.74, 6) is 0. The van der Waals surface area contributed by atoms with Gasteiger partial charge in [-0.25, -0.2) is 0 Å². The minimum absolute atomic E-state index is 0.562. The smallest absolute Gasteiger partial charge is 0.135 e. The highest BCUT2D eigenvalue weighted by Crippen LogP contribution is 2.37. The number of hydrogen-bond acceptors (Lipinski definition) is 4. The van der Waals surface area contributed by atoms with E-state index in [1.165, 1.54) is 5.57 Å². The predicted octanol–water partition coefficient (Wildman–Crippen LogP) is 9.43. The number of nitrogens with one attached hydrogen (secondary N) is 1. The van der Waals surface area contributed by atoms with Gasteiger partial charge in [-0.15, -0.1) is 0 Å². The number of furan rings is 2. The Morgan fingerprint density at radius 2 is 1.20 bits per heavy atom. The minimum atomic E-state index is -0.562. The molecule has 8 rings (SSSR count). The standard InChI is InChI=1S/C36H26N2O2/c37-36(25-11-15-34-30(21-25)28-5-1-3-7-32(28)39-34)19-17-24(18-20-36)23-9-12-26(13-10-23)38-27-14-16-35-31(22-27)29-6-2-4-8-33(29)40-35/h1-19,21-22,38H,20,37H2. The Hall–Kier alpha value is -5.06. The van der Waals surface area contributed by atoms with Crippen molar-refractivity contribution >= 4 is 60.8 Å². The minimum Gasteiger partial charge on any atom is -0.456 e. The molecule has 3 N–H and O–H groups in total. The molecule has 4 nitrogen and oxygen atoms in total. The summed E-state index contributed by atoms with van der Waals surface area (Å²) in [6, 6.07) is 37.3. The Bertz CT molecular complexity index is 2130. The van der Waals surface area contributed by atoms with Crippen LogP contribution in [0.1, 0.15) is 17.5 Å². The van der Waals surface area contributed by atoms with Crippen molar-refractivity contribution in [3.63, 3.8) is 0 Å². The number of fused-ring (bicyclic) bond motifs is 6. The van der Waals surface area contributed by atoms with Crippen LogP contribution in [0.15, 0.2) is 136 Å². The summed E-state index contributed by atoms with van der Waals surface area (Å²) < 4.78 is 12.0. The van der Waals surface area contributed by atoms with Crippen molar-refractivity contribution in [2.45, 2.75) is 12.0 Å². The lowest BCUT2D eigenvalue weighted by molar-refractivity contribution is 0.567. The van der Waals surface area contributed by atoms with Crippen LogP contribution in [0.25, 0.3) is 49.5 Å². The highest BCUT2D eigenvalue weighted by molar-refractivity contribution is 6.06. The normalized spacial score (nSPS) is 17.2. The Kier molecular flexibility index (Phi) is 5.00. The summed E-state index contributed by atoms with van der Waals surface area (Å²) in [6.45, 7) is 0. The van der Waals surface area contributed by atoms with Gasteiger partial charge in [0.2, 0.25) is 0 Å². The van der Waals surface area contributed by atoms with Crippen molar-refractivity contribution in [2.75, 3.05) is 5.32 Å². The molecule has 2 aromatic heterocycles. The first kappa shape index (κ1) is 22.9. The predicted molar refractivity (Wildman–Crippen MR) is 165 cm³/mol. The number of para-hydroxylation sites is 2. The lowest BCUT2D eigenvalue weighted by Crippen LogP contribution is -2.35. The van der Waals surface area contributed by atoms with Crippen molar-refractivity contribution in [3.8, 4) is 0 Å². The number of anilines is 2. The van der Waals surface area contributed by atoms with Crippen molar-refractivity contribution in [3.05, 3.63) is 139 Å². The molecule has 0 fully saturated rings. The first-order valence-electron chi connectivity index (χ1n) is 13.5. The van der Waals surface area contributed by atoms with E-state index in [9.17, 15) is 0 Å². The average Bonchev–Trinajstić information content (AvgIpc) is 3.56. The molecule has 1 unspecified atom stereocenters. The molecule has 4 heteroatoms. The van der Waals surface area contributed by atoms with Crippen molar-refractivity contribution in [1.82, 2.24) is 0 Å². The largest absolute Gasteiger partial charge is 0.456 e. The van der Waals surface area contributed by atoms with Gasteiger partial charge in [0.1, 0.15) is 22.3 Å². The third-order valence-corrected chi connectivity index (χ3v) is 8.02. The van der Waals surface area contributed by atoms with Crippen LogP contribution in [0, 0.1) is 0 Å². The fourth-order valence-electron chi connectivity index (χ4n) is 5.81. The van der Waals surface area contributed by atoms with E-state index in [-0.39, 0.29) is 0 Å². The number of nitrogens with two attached hydrogens (primary N) is 1. The van der Waals surface area contributed by atoms with Crippen LogP contribution in [0.3, 0.4) is 0 Å². The molecule has 0 radical (unpaired) electrons. The molecule has 5 aromatic carbocycles. The number of rotatable bonds is 4. The Morgan fingerprint density at radius 3 is 1.88 bits per heavy atom. The zero-order valence-electron chi connectivity index (χ0n) is 21.7. The maximum absolute atomic E-state index is 6.92. The lowest BCUT2D eigenvalue weighted by Gasteiger charge is -2.29. The van der Waals surface area contributed by atoms with Crippen LogP contribution in [-0.4, -0.2) is 0 Å². The van der Waals surface area contributed by atoms with Crippen LogP contribution >= 0.6 is 0 Å². The van der Waals surface area contributed by atoms with Crippen LogP contribution in [0.2, 0.25) is 0 Å². The van der Waals surface area contributed by atoms with Crippen molar-refractivity contribution < 1.29 is 8.83 Å². The molecule has 0 saturated carbocycles. The van der Waals surface area contributed by atoms with Crippen LogP contribution < -0.4 is 11.1 Å². The first-order chi connectivity index (χ1) is 19.6. The molecule has 1 aliphatic rings. The summed E-state index contributed by atoms with van der Waals surface area (Å²) in [5, 5.41) is 7.99. The van der Waals surface area contributed by atoms with E-state index in [4.69, 9.17) is 14.6 Å². The van der Waals surface area contributed by atoms with Crippen molar-refractivity contribution in [1.29, 1.82) is 0 Å². The number of benzene rings is 5. The second-order valence-corrected chi connectivity index (χ2v) is 10.6. The first-order valence-corrected chi connectivity index (χ1v) is 13.5. The van der Waals surface area contributed by atoms with E-state index in [0.717, 1.165) is 72.8 Å². The molecule has 1 aliphatic carbocycles. The van der Waals surface area contributed by atoms with E-state index in [0.29, 0.717) is 0 Å². The average molecular weight is 519 g/mol. The van der Waals surface area contributed by atoms with Crippen LogP contribution in [0.5, 0.6) is 0 Å². The molecule has 0 amide bonds. The fourth-order valence-corrected chi connectivity index (χ4v) is 5.81. The molecule has 40 heavy (non-hydrogen) atoms. The SMILES string of the molecule is NC1(c2ccc3oc4ccccc4c3c2)C=CC(c2ccc(Nc3ccc4oc5ccccc5c4c3)cc2)=CC1. The van der Waals surface area contributed by atoms with Gasteiger partial charge in [0.05, 0.1) is 5.54 Å². The summed E-state index contributed by atoms with van der Waals surface area (Å²) >= 11 is 0. The third-order valence-electron chi connectivity index (χ3n) is 8.02. The number of allylic oxidation sites excluding steroid dienone is 2. The van der Waals surface area contributed by atoms with Gasteiger partial charge in [0.15, 0.2) is 0 Å². The van der Waals surface area contributed by atoms with Gasteiger partial charge in [-0.2, -0.15) is 0 Å². The second kappa shape index (κ2) is 8.73. The molecule has 192 valence electrons. The molecule has 1 atom stereocenters. The van der Waals surface area contributed by atoms with Crippen LogP contribution in [0.4, 0.5) is 11.4 Å². The Morgan fingerprint density at radius 1 is 0.600 bits per heavy atom. The van der Waals surface area contributed by atoms with Gasteiger partial charge >= 0.3 is 0 Å². The lowest BCUT2D eigenvalue weighted by atomic mass is 9.81. The topological polar surface area (TPSA) is 64.3 Å². The molecule has 0 spiro atoms. The zero-order chi connectivity index (χ0) is 26.7. The molecular formula is C36H26N2O2. The fraction of sp³-hybridized carbons (Fsp3) is 0.0556. The van der Waals surface area contributed by atoms with E-state index in [2.05, 4.69) is 84.2 Å². The van der Waals surface area contributed by atoms with E-state index < -0.39 is 5.54 Å². The Balaban J connectivity index is 1.02. The summed E-state index contributed by atoms with van der Waals surface area (Å²) in [5.41, 5.74) is 15.4. The monoisotopic (exact) mass is 518 g/mol. The van der Waals surface area contributed by atoms with Crippen molar-refractivity contribution in [2.24, 2.45) is 5.73 Å². The van der Waals surface area contributed by atoms with Gasteiger partial charge in [0.25, 0.3) is 0 Å². The van der Waals surface area contributed by atoms with Crippen LogP contribution in [-0.2, 0) is 5.54 Å². The second-order valence-electron chi connectivity index (χ2n) is 10.6. The molecule has 0 aliphatic heterocycles. The Labute approximate surface area is 231 Å². The molecule has 2 heterocycles. The van der Waals surface area contributed by atoms with E-state index >= 15 is 0 Å². The molecule has 0 bridgehead atoms. The van der Waals surface area contributed by atoms with Gasteiger partial charge in [0, 0.05) is 32.9 Å². The quantitative estimate of drug-likeness (QED) is 0.244. The molecular weight excluding hydrogens is 492 g/mol. The maximum atomic E-state index is 6.92. The summed E-state index contributed by atoms with van der Waals surface area (Å²) in [4.78, 5) is 0. The highest BCUT2D eigenvalue weighted by Gasteiger charge is 2.26. The number of hydrogen-bond donors (Lipinski definition) is 2. The zero-order valence-corrected chi connectivity index (χ0v) is 21.7. The van der Waals surface area contributed by atoms with E-state index in [1.54, 1.807) is 0 Å². The van der Waals surface area contributed by atoms with Gasteiger partial charge in [-0.3, -0.25) is 0 Å². The molecule has 0 saturated heterocycles. The summed E-state index contributed by atoms with van der Waals surface area (Å²) in [6.07, 6.45) is 7.22. The molecule has 7 aromatic rings. The third kappa shape index (κ3) is 3.73.